The predicted molar refractivity (Wildman–Crippen MR) is 116 cm³/mol. The van der Waals surface area contributed by atoms with Crippen LogP contribution in [0.3, 0.4) is 0 Å². The number of hydrogen-bond donors (Lipinski definition) is 1. The summed E-state index contributed by atoms with van der Waals surface area (Å²) < 4.78 is 0. The second-order valence-corrected chi connectivity index (χ2v) is 7.85. The van der Waals surface area contributed by atoms with Gasteiger partial charge in [0.15, 0.2) is 5.84 Å². The minimum atomic E-state index is -0.647. The van der Waals surface area contributed by atoms with Gasteiger partial charge >= 0.3 is 0 Å². The average Bonchev–Trinajstić information content (AvgIpc) is 3.13. The number of aliphatic imine (C=N–C) groups is 1. The van der Waals surface area contributed by atoms with Gasteiger partial charge in [-0.2, -0.15) is 0 Å². The molecule has 6 nitrogen and oxygen atoms in total. The minimum Gasteiger partial charge on any atom is -0.307 e. The Morgan fingerprint density at radius 1 is 0.867 bits per heavy atom. The number of rotatable bonds is 4. The Morgan fingerprint density at radius 2 is 1.53 bits per heavy atom. The number of nitrogens with one attached hydrogen (secondary N) is 1. The lowest BCUT2D eigenvalue weighted by atomic mass is 9.88. The van der Waals surface area contributed by atoms with E-state index in [1.54, 1.807) is 6.20 Å². The van der Waals surface area contributed by atoms with Crippen LogP contribution in [-0.2, 0) is 11.3 Å². The molecule has 0 unspecified atom stereocenters. The number of amides is 1. The number of piperidine rings is 1. The summed E-state index contributed by atoms with van der Waals surface area (Å²) in [7, 11) is 0. The molecule has 4 heterocycles. The Balaban J connectivity index is 1.23. The Labute approximate surface area is 175 Å². The summed E-state index contributed by atoms with van der Waals surface area (Å²) in [6.45, 7) is 2.56. The first-order valence-corrected chi connectivity index (χ1v) is 10.3. The Kier molecular flexibility index (Phi) is 4.85. The van der Waals surface area contributed by atoms with Crippen molar-refractivity contribution in [3.8, 4) is 11.3 Å². The number of nitrogens with zero attached hydrogens (tertiary/aromatic N) is 4. The standard InChI is InChI=1S/C24H23N5O/c30-23-24(28-22(27-23)21-6-2-4-14-26-21)11-15-29(16-12-24)17-18-7-9-19(10-8-18)20-5-1-3-13-25-20/h1-10,13-14H,11-12,15-17H2,(H,27,28,30). The maximum atomic E-state index is 12.7. The Hall–Kier alpha value is -3.38. The number of pyridine rings is 2. The summed E-state index contributed by atoms with van der Waals surface area (Å²) >= 11 is 0. The molecule has 3 aromatic rings. The van der Waals surface area contributed by atoms with Crippen molar-refractivity contribution < 1.29 is 4.79 Å². The van der Waals surface area contributed by atoms with E-state index in [2.05, 4.69) is 44.5 Å². The highest BCUT2D eigenvalue weighted by molar-refractivity contribution is 6.14. The van der Waals surface area contributed by atoms with Gasteiger partial charge in [-0.25, -0.2) is 4.99 Å². The van der Waals surface area contributed by atoms with Crippen molar-refractivity contribution in [2.24, 2.45) is 4.99 Å². The molecule has 0 saturated carbocycles. The Bertz CT molecular complexity index is 1060. The number of carbonyl (C=O) groups excluding carboxylic acids is 1. The molecule has 2 aliphatic heterocycles. The summed E-state index contributed by atoms with van der Waals surface area (Å²) in [6.07, 6.45) is 4.98. The molecule has 1 saturated heterocycles. The van der Waals surface area contributed by atoms with E-state index in [1.807, 2.05) is 42.6 Å². The molecule has 2 aromatic heterocycles. The van der Waals surface area contributed by atoms with E-state index in [1.165, 1.54) is 5.56 Å². The van der Waals surface area contributed by atoms with Gasteiger partial charge in [0.05, 0.1) is 5.69 Å². The molecule has 1 spiro atoms. The average molecular weight is 397 g/mol. The zero-order chi connectivity index (χ0) is 20.4. The van der Waals surface area contributed by atoms with Crippen LogP contribution in [0.15, 0.2) is 78.0 Å². The molecule has 0 atom stereocenters. The first-order valence-electron chi connectivity index (χ1n) is 10.3. The summed E-state index contributed by atoms with van der Waals surface area (Å²) in [6, 6.07) is 20.2. The van der Waals surface area contributed by atoms with E-state index in [9.17, 15) is 4.79 Å². The van der Waals surface area contributed by atoms with E-state index in [0.717, 1.165) is 49.4 Å². The summed E-state index contributed by atoms with van der Waals surface area (Å²) in [5.41, 5.74) is 3.44. The van der Waals surface area contributed by atoms with Crippen LogP contribution in [0.25, 0.3) is 11.3 Å². The van der Waals surface area contributed by atoms with Crippen LogP contribution < -0.4 is 5.32 Å². The first kappa shape index (κ1) is 18.6. The molecule has 30 heavy (non-hydrogen) atoms. The third-order valence-corrected chi connectivity index (χ3v) is 5.89. The summed E-state index contributed by atoms with van der Waals surface area (Å²) in [5, 5.41) is 2.94. The van der Waals surface area contributed by atoms with Crippen LogP contribution in [0.2, 0.25) is 0 Å². The lowest BCUT2D eigenvalue weighted by Gasteiger charge is -2.35. The second-order valence-electron chi connectivity index (χ2n) is 7.85. The van der Waals surface area contributed by atoms with Crippen molar-refractivity contribution in [1.82, 2.24) is 20.2 Å². The molecule has 1 fully saturated rings. The fourth-order valence-corrected chi connectivity index (χ4v) is 4.13. The minimum absolute atomic E-state index is 0.00233. The summed E-state index contributed by atoms with van der Waals surface area (Å²) in [5.74, 6) is 0.599. The van der Waals surface area contributed by atoms with E-state index < -0.39 is 5.54 Å². The maximum Gasteiger partial charge on any atom is 0.253 e. The summed E-state index contributed by atoms with van der Waals surface area (Å²) in [4.78, 5) is 28.6. The first-order chi connectivity index (χ1) is 14.7. The van der Waals surface area contributed by atoms with Gasteiger partial charge in [0, 0.05) is 37.6 Å². The lowest BCUT2D eigenvalue weighted by Crippen LogP contribution is -2.48. The number of hydrogen-bond acceptors (Lipinski definition) is 5. The van der Waals surface area contributed by atoms with Gasteiger partial charge in [-0.05, 0) is 42.7 Å². The number of aromatic nitrogens is 2. The molecule has 1 amide bonds. The maximum absolute atomic E-state index is 12.7. The van der Waals surface area contributed by atoms with E-state index in [0.29, 0.717) is 5.84 Å². The second kappa shape index (κ2) is 7.80. The normalized spacial score (nSPS) is 18.3. The number of amidine groups is 1. The zero-order valence-electron chi connectivity index (χ0n) is 16.7. The molecule has 0 radical (unpaired) electrons. The van der Waals surface area contributed by atoms with E-state index in [4.69, 9.17) is 4.99 Å². The smallest absolute Gasteiger partial charge is 0.253 e. The fourth-order valence-electron chi connectivity index (χ4n) is 4.13. The molecule has 5 rings (SSSR count). The van der Waals surface area contributed by atoms with Crippen LogP contribution in [0, 0.1) is 0 Å². The van der Waals surface area contributed by atoms with Crippen LogP contribution >= 0.6 is 0 Å². The van der Waals surface area contributed by atoms with Crippen LogP contribution in [-0.4, -0.2) is 45.2 Å². The monoisotopic (exact) mass is 397 g/mol. The van der Waals surface area contributed by atoms with Crippen molar-refractivity contribution in [2.75, 3.05) is 13.1 Å². The van der Waals surface area contributed by atoms with Crippen molar-refractivity contribution in [2.45, 2.75) is 24.9 Å². The third kappa shape index (κ3) is 3.62. The lowest BCUT2D eigenvalue weighted by molar-refractivity contribution is -0.125. The molecule has 2 aliphatic rings. The SMILES string of the molecule is O=C1NC(c2ccccn2)=NC12CCN(Cc1ccc(-c3ccccn3)cc1)CC2. The highest BCUT2D eigenvalue weighted by atomic mass is 16.2. The molecule has 1 aromatic carbocycles. The highest BCUT2D eigenvalue weighted by Crippen LogP contribution is 2.31. The fraction of sp³-hybridized carbons (Fsp3) is 0.250. The van der Waals surface area contributed by atoms with Crippen molar-refractivity contribution >= 4 is 11.7 Å². The van der Waals surface area contributed by atoms with Gasteiger partial charge in [-0.3, -0.25) is 19.7 Å². The predicted octanol–water partition coefficient (Wildman–Crippen LogP) is 3.05. The topological polar surface area (TPSA) is 70.5 Å². The molecule has 0 aliphatic carbocycles. The van der Waals surface area contributed by atoms with E-state index >= 15 is 0 Å². The number of carbonyl (C=O) groups is 1. The van der Waals surface area contributed by atoms with Gasteiger partial charge < -0.3 is 5.32 Å². The van der Waals surface area contributed by atoms with Crippen LogP contribution in [0.5, 0.6) is 0 Å². The van der Waals surface area contributed by atoms with Crippen LogP contribution in [0.4, 0.5) is 0 Å². The quantitative estimate of drug-likeness (QED) is 0.735. The molecule has 150 valence electrons. The molecule has 0 bridgehead atoms. The van der Waals surface area contributed by atoms with Crippen molar-refractivity contribution in [1.29, 1.82) is 0 Å². The van der Waals surface area contributed by atoms with Crippen molar-refractivity contribution in [3.05, 3.63) is 84.3 Å². The van der Waals surface area contributed by atoms with Gasteiger partial charge in [-0.1, -0.05) is 36.4 Å². The zero-order valence-corrected chi connectivity index (χ0v) is 16.7. The van der Waals surface area contributed by atoms with Gasteiger partial charge in [0.2, 0.25) is 0 Å². The molecule has 1 N–H and O–H groups in total. The Morgan fingerprint density at radius 3 is 2.17 bits per heavy atom. The van der Waals surface area contributed by atoms with Gasteiger partial charge in [0.25, 0.3) is 5.91 Å². The van der Waals surface area contributed by atoms with Gasteiger partial charge in [0.1, 0.15) is 11.2 Å². The third-order valence-electron chi connectivity index (χ3n) is 5.89. The highest BCUT2D eigenvalue weighted by Gasteiger charge is 2.46. The largest absolute Gasteiger partial charge is 0.307 e. The van der Waals surface area contributed by atoms with Crippen molar-refractivity contribution in [3.63, 3.8) is 0 Å². The van der Waals surface area contributed by atoms with Gasteiger partial charge in [-0.15, -0.1) is 0 Å². The molecular formula is C24H23N5O. The molecule has 6 heteroatoms. The number of benzene rings is 1. The number of likely N-dealkylation sites (tertiary alicyclic amines) is 1. The van der Waals surface area contributed by atoms with Crippen LogP contribution in [0.1, 0.15) is 24.1 Å². The molecular weight excluding hydrogens is 374 g/mol. The van der Waals surface area contributed by atoms with E-state index in [-0.39, 0.29) is 5.91 Å².